The van der Waals surface area contributed by atoms with Crippen molar-refractivity contribution in [1.29, 1.82) is 0 Å². The minimum absolute atomic E-state index is 0.0113. The van der Waals surface area contributed by atoms with E-state index in [0.29, 0.717) is 24.3 Å². The highest BCUT2D eigenvalue weighted by Crippen LogP contribution is 2.17. The molecule has 0 saturated heterocycles. The third kappa shape index (κ3) is 6.01. The van der Waals surface area contributed by atoms with Crippen molar-refractivity contribution in [2.24, 2.45) is 0 Å². The summed E-state index contributed by atoms with van der Waals surface area (Å²) in [4.78, 5) is 33.0. The summed E-state index contributed by atoms with van der Waals surface area (Å²) in [6, 6.07) is 1.77. The van der Waals surface area contributed by atoms with E-state index in [2.05, 4.69) is 25.4 Å². The third-order valence-electron chi connectivity index (χ3n) is 4.11. The van der Waals surface area contributed by atoms with Crippen molar-refractivity contribution < 1.29 is 33.0 Å². The molecule has 3 rings (SSSR count). The van der Waals surface area contributed by atoms with Gasteiger partial charge in [-0.1, -0.05) is 0 Å². The van der Waals surface area contributed by atoms with Gasteiger partial charge in [-0.3, -0.25) is 4.79 Å². The number of carboxylic acids is 1. The Kier molecular flexibility index (Phi) is 7.33. The first-order valence-electron chi connectivity index (χ1n) is 8.98. The number of aromatic amines is 1. The van der Waals surface area contributed by atoms with E-state index in [1.807, 2.05) is 20.8 Å². The van der Waals surface area contributed by atoms with E-state index in [0.717, 1.165) is 28.3 Å². The Morgan fingerprint density at radius 2 is 1.90 bits per heavy atom. The van der Waals surface area contributed by atoms with Crippen molar-refractivity contribution in [3.05, 3.63) is 40.7 Å². The van der Waals surface area contributed by atoms with Gasteiger partial charge in [-0.15, -0.1) is 0 Å². The Balaban J connectivity index is 0.000000423. The molecule has 0 aromatic carbocycles. The molecule has 0 aliphatic carbocycles. The molecule has 0 radical (unpaired) electrons. The van der Waals surface area contributed by atoms with Crippen LogP contribution in [-0.2, 0) is 17.9 Å². The number of H-pyrrole nitrogens is 1. The Morgan fingerprint density at radius 3 is 2.42 bits per heavy atom. The molecule has 3 heterocycles. The average molecular weight is 442 g/mol. The second-order valence-electron chi connectivity index (χ2n) is 6.51. The molecular weight excluding hydrogens is 421 g/mol. The number of aryl methyl sites for hydroxylation is 3. The minimum atomic E-state index is -5.08. The highest BCUT2D eigenvalue weighted by molar-refractivity contribution is 5.97. The van der Waals surface area contributed by atoms with E-state index >= 15 is 0 Å². The summed E-state index contributed by atoms with van der Waals surface area (Å²) in [5.41, 5.74) is 3.68. The van der Waals surface area contributed by atoms with Gasteiger partial charge in [0.15, 0.2) is 5.65 Å². The SMILES string of the molecule is Cc1nc(CNC(=O)c2cnc3c(c2)c(C)nn3CCO)c(C)[nH]1.O=C(O)C(F)(F)F. The summed E-state index contributed by atoms with van der Waals surface area (Å²) < 4.78 is 33.4. The Labute approximate surface area is 174 Å². The highest BCUT2D eigenvalue weighted by atomic mass is 19.4. The number of amides is 1. The number of fused-ring (bicyclic) bond motifs is 1. The molecule has 0 spiro atoms. The maximum Gasteiger partial charge on any atom is 0.490 e. The number of rotatable bonds is 5. The summed E-state index contributed by atoms with van der Waals surface area (Å²) in [7, 11) is 0. The van der Waals surface area contributed by atoms with Crippen LogP contribution in [0.25, 0.3) is 11.0 Å². The van der Waals surface area contributed by atoms with E-state index < -0.39 is 12.1 Å². The molecule has 0 bridgehead atoms. The number of alkyl halides is 3. The van der Waals surface area contributed by atoms with Gasteiger partial charge in [-0.2, -0.15) is 18.3 Å². The van der Waals surface area contributed by atoms with Gasteiger partial charge in [0, 0.05) is 17.3 Å². The molecule has 0 aliphatic heterocycles. The average Bonchev–Trinajstić information content (AvgIpc) is 3.17. The van der Waals surface area contributed by atoms with Crippen LogP contribution in [0.2, 0.25) is 0 Å². The molecule has 0 saturated carbocycles. The molecule has 1 amide bonds. The summed E-state index contributed by atoms with van der Waals surface area (Å²) in [6.07, 6.45) is -3.56. The minimum Gasteiger partial charge on any atom is -0.475 e. The van der Waals surface area contributed by atoms with E-state index in [1.165, 1.54) is 6.20 Å². The zero-order chi connectivity index (χ0) is 23.3. The number of pyridine rings is 1. The number of halogens is 3. The summed E-state index contributed by atoms with van der Waals surface area (Å²) >= 11 is 0. The van der Waals surface area contributed by atoms with Crippen LogP contribution in [-0.4, -0.2) is 59.6 Å². The molecule has 3 aromatic rings. The number of aliphatic hydroxyl groups is 1. The van der Waals surface area contributed by atoms with Gasteiger partial charge in [-0.25, -0.2) is 19.4 Å². The molecule has 0 fully saturated rings. The number of imidazole rings is 1. The van der Waals surface area contributed by atoms with Gasteiger partial charge in [0.2, 0.25) is 0 Å². The maximum absolute atomic E-state index is 12.4. The summed E-state index contributed by atoms with van der Waals surface area (Å²) in [5.74, 6) is -2.14. The van der Waals surface area contributed by atoms with Gasteiger partial charge >= 0.3 is 12.1 Å². The van der Waals surface area contributed by atoms with Crippen LogP contribution >= 0.6 is 0 Å². The zero-order valence-corrected chi connectivity index (χ0v) is 16.9. The molecule has 0 unspecified atom stereocenters. The predicted octanol–water partition coefficient (Wildman–Crippen LogP) is 1.64. The van der Waals surface area contributed by atoms with Crippen LogP contribution in [0.1, 0.15) is 33.3 Å². The zero-order valence-electron chi connectivity index (χ0n) is 16.9. The normalized spacial score (nSPS) is 11.2. The second kappa shape index (κ2) is 9.55. The number of hydrogen-bond acceptors (Lipinski definition) is 6. The van der Waals surface area contributed by atoms with Crippen LogP contribution in [0.15, 0.2) is 12.3 Å². The molecule has 0 aliphatic rings. The molecule has 168 valence electrons. The number of carboxylic acid groups (broad SMARTS) is 1. The lowest BCUT2D eigenvalue weighted by molar-refractivity contribution is -0.192. The second-order valence-corrected chi connectivity index (χ2v) is 6.51. The number of hydrogen-bond donors (Lipinski definition) is 4. The van der Waals surface area contributed by atoms with Gasteiger partial charge in [0.05, 0.1) is 36.6 Å². The lowest BCUT2D eigenvalue weighted by Gasteiger charge is -2.05. The van der Waals surface area contributed by atoms with E-state index in [9.17, 15) is 18.0 Å². The number of aromatic nitrogens is 5. The third-order valence-corrected chi connectivity index (χ3v) is 4.11. The van der Waals surface area contributed by atoms with Crippen LogP contribution in [0.3, 0.4) is 0 Å². The Hall–Kier alpha value is -3.48. The summed E-state index contributed by atoms with van der Waals surface area (Å²) in [5, 5.41) is 24.2. The van der Waals surface area contributed by atoms with Crippen molar-refractivity contribution in [3.8, 4) is 0 Å². The lowest BCUT2D eigenvalue weighted by atomic mass is 10.2. The first-order valence-corrected chi connectivity index (χ1v) is 8.98. The van der Waals surface area contributed by atoms with Crippen LogP contribution < -0.4 is 5.32 Å². The fourth-order valence-electron chi connectivity index (χ4n) is 2.68. The fraction of sp³-hybridized carbons (Fsp3) is 0.389. The number of carbonyl (C=O) groups is 2. The molecular formula is C18H21F3N6O4. The van der Waals surface area contributed by atoms with Gasteiger partial charge in [0.25, 0.3) is 5.91 Å². The van der Waals surface area contributed by atoms with Crippen molar-refractivity contribution in [3.63, 3.8) is 0 Å². The number of aliphatic hydroxyl groups excluding tert-OH is 1. The van der Waals surface area contributed by atoms with Gasteiger partial charge in [-0.05, 0) is 26.8 Å². The molecule has 4 N–H and O–H groups in total. The van der Waals surface area contributed by atoms with Gasteiger partial charge in [0.1, 0.15) is 5.82 Å². The standard InChI is InChI=1S/C16H20N6O2.C2HF3O2/c1-9-13-6-12(7-17-15(13)22(21-9)4-5-23)16(24)18-8-14-10(2)19-11(3)20-14;3-2(4,5)1(6)7/h6-7,23H,4-5,8H2,1-3H3,(H,18,24)(H,19,20);(H,6,7). The van der Waals surface area contributed by atoms with Crippen LogP contribution in [0.5, 0.6) is 0 Å². The first kappa shape index (κ1) is 23.8. The topological polar surface area (TPSA) is 146 Å². The predicted molar refractivity (Wildman–Crippen MR) is 102 cm³/mol. The van der Waals surface area contributed by atoms with Crippen molar-refractivity contribution >= 4 is 22.9 Å². The summed E-state index contributed by atoms with van der Waals surface area (Å²) in [6.45, 7) is 6.38. The van der Waals surface area contributed by atoms with Gasteiger partial charge < -0.3 is 20.5 Å². The van der Waals surface area contributed by atoms with E-state index in [4.69, 9.17) is 15.0 Å². The van der Waals surface area contributed by atoms with Crippen molar-refractivity contribution in [2.75, 3.05) is 6.61 Å². The van der Waals surface area contributed by atoms with Crippen LogP contribution in [0, 0.1) is 20.8 Å². The Morgan fingerprint density at radius 1 is 1.26 bits per heavy atom. The molecule has 0 atom stereocenters. The quantitative estimate of drug-likeness (QED) is 0.470. The highest BCUT2D eigenvalue weighted by Gasteiger charge is 2.38. The molecule has 10 nitrogen and oxygen atoms in total. The molecule has 13 heteroatoms. The fourth-order valence-corrected chi connectivity index (χ4v) is 2.68. The molecule has 3 aromatic heterocycles. The maximum atomic E-state index is 12.4. The van der Waals surface area contributed by atoms with Crippen molar-refractivity contribution in [2.45, 2.75) is 40.0 Å². The van der Waals surface area contributed by atoms with E-state index in [-0.39, 0.29) is 12.5 Å². The number of nitrogens with zero attached hydrogens (tertiary/aromatic N) is 4. The number of nitrogens with one attached hydrogen (secondary N) is 2. The Bertz CT molecular complexity index is 1090. The lowest BCUT2D eigenvalue weighted by Crippen LogP contribution is -2.23. The number of aliphatic carboxylic acids is 1. The van der Waals surface area contributed by atoms with E-state index in [1.54, 1.807) is 10.7 Å². The smallest absolute Gasteiger partial charge is 0.475 e. The largest absolute Gasteiger partial charge is 0.490 e. The van der Waals surface area contributed by atoms with Crippen molar-refractivity contribution in [1.82, 2.24) is 30.0 Å². The monoisotopic (exact) mass is 442 g/mol. The van der Waals surface area contributed by atoms with Crippen LogP contribution in [0.4, 0.5) is 13.2 Å². The number of carbonyl (C=O) groups excluding carboxylic acids is 1. The first-order chi connectivity index (χ1) is 14.4. The molecule has 31 heavy (non-hydrogen) atoms.